The Morgan fingerprint density at radius 3 is 2.63 bits per heavy atom. The van der Waals surface area contributed by atoms with Gasteiger partial charge in [-0.2, -0.15) is 0 Å². The van der Waals surface area contributed by atoms with Gasteiger partial charge in [-0.3, -0.25) is 0 Å². The van der Waals surface area contributed by atoms with Gasteiger partial charge in [-0.15, -0.1) is 0 Å². The highest BCUT2D eigenvalue weighted by molar-refractivity contribution is 7.89. The molecule has 0 unspecified atom stereocenters. The Hall–Kier alpha value is -1.57. The van der Waals surface area contributed by atoms with Crippen LogP contribution in [0.2, 0.25) is 0 Å². The number of hydrogen-bond donors (Lipinski definition) is 2. The van der Waals surface area contributed by atoms with E-state index in [0.29, 0.717) is 5.57 Å². The maximum atomic E-state index is 11.1. The summed E-state index contributed by atoms with van der Waals surface area (Å²) in [4.78, 5) is 10.8. The fourth-order valence-corrected chi connectivity index (χ4v) is 1.80. The van der Waals surface area contributed by atoms with Crippen LogP contribution in [0.15, 0.2) is 34.2 Å². The summed E-state index contributed by atoms with van der Waals surface area (Å²) in [5.41, 5.74) is 1.71. The number of carboxylic acids is 1. The fourth-order valence-electron chi connectivity index (χ4n) is 1.20. The van der Waals surface area contributed by atoms with E-state index in [4.69, 9.17) is 26.6 Å². The van der Waals surface area contributed by atoms with Gasteiger partial charge in [-0.25, -0.2) is 18.4 Å². The van der Waals surface area contributed by atoms with E-state index < -0.39 is 16.0 Å². The van der Waals surface area contributed by atoms with Crippen molar-refractivity contribution in [2.24, 2.45) is 5.14 Å². The second-order valence-electron chi connectivity index (χ2n) is 3.75. The molecule has 0 spiro atoms. The quantitative estimate of drug-likeness (QED) is 0.858. The molecule has 1 aromatic carbocycles. The number of ether oxygens (including phenoxy) is 1. The average Bonchev–Trinajstić information content (AvgIpc) is 2.34. The summed E-state index contributed by atoms with van der Waals surface area (Å²) >= 11 is 5.45. The fraction of sp³-hybridized carbons (Fsp3) is 0.182. The van der Waals surface area contributed by atoms with Crippen LogP contribution in [0.5, 0.6) is 5.75 Å². The standard InChI is InChI=1S/C11H12ClNO5S/c1-7(5-12)6-18-10-3-2-8(19(13,16)17)4-9(10)11(14)15/h2-5H,6H2,1H3,(H,14,15)(H2,13,16,17)/b7-5-. The molecule has 19 heavy (non-hydrogen) atoms. The van der Waals surface area contributed by atoms with Gasteiger partial charge >= 0.3 is 5.97 Å². The second kappa shape index (κ2) is 6.05. The summed E-state index contributed by atoms with van der Waals surface area (Å²) in [5, 5.41) is 14.0. The van der Waals surface area contributed by atoms with E-state index >= 15 is 0 Å². The lowest BCUT2D eigenvalue weighted by molar-refractivity contribution is 0.0692. The summed E-state index contributed by atoms with van der Waals surface area (Å²) in [7, 11) is -3.96. The number of carboxylic acid groups (broad SMARTS) is 1. The Labute approximate surface area is 115 Å². The molecule has 1 rings (SSSR count). The predicted octanol–water partition coefficient (Wildman–Crippen LogP) is 1.55. The van der Waals surface area contributed by atoms with Crippen LogP contribution in [0.4, 0.5) is 0 Å². The number of primary sulfonamides is 1. The van der Waals surface area contributed by atoms with E-state index in [1.807, 2.05) is 0 Å². The van der Waals surface area contributed by atoms with E-state index in [-0.39, 0.29) is 22.8 Å². The molecule has 0 atom stereocenters. The Morgan fingerprint density at radius 1 is 1.53 bits per heavy atom. The lowest BCUT2D eigenvalue weighted by atomic mass is 10.2. The minimum Gasteiger partial charge on any atom is -0.488 e. The van der Waals surface area contributed by atoms with Crippen molar-refractivity contribution in [3.05, 3.63) is 34.9 Å². The summed E-state index contributed by atoms with van der Waals surface area (Å²) < 4.78 is 27.5. The van der Waals surface area contributed by atoms with Crippen molar-refractivity contribution < 1.29 is 23.1 Å². The second-order valence-corrected chi connectivity index (χ2v) is 5.53. The van der Waals surface area contributed by atoms with Crippen molar-refractivity contribution in [3.63, 3.8) is 0 Å². The highest BCUT2D eigenvalue weighted by Gasteiger charge is 2.17. The molecule has 0 heterocycles. The first-order valence-electron chi connectivity index (χ1n) is 5.04. The number of halogens is 1. The molecule has 6 nitrogen and oxygen atoms in total. The first-order valence-corrected chi connectivity index (χ1v) is 7.02. The van der Waals surface area contributed by atoms with Crippen molar-refractivity contribution in [1.82, 2.24) is 0 Å². The normalized spacial score (nSPS) is 12.3. The van der Waals surface area contributed by atoms with E-state index in [2.05, 4.69) is 0 Å². The third-order valence-corrected chi connectivity index (χ3v) is 3.44. The van der Waals surface area contributed by atoms with Crippen LogP contribution >= 0.6 is 11.6 Å². The third-order valence-electron chi connectivity index (χ3n) is 2.15. The largest absolute Gasteiger partial charge is 0.488 e. The molecule has 0 bridgehead atoms. The Balaban J connectivity index is 3.16. The van der Waals surface area contributed by atoms with Crippen molar-refractivity contribution >= 4 is 27.6 Å². The van der Waals surface area contributed by atoms with Gasteiger partial charge in [-0.1, -0.05) is 11.6 Å². The SMILES string of the molecule is C/C(=C/Cl)COc1ccc(S(N)(=O)=O)cc1C(=O)O. The molecule has 0 aliphatic heterocycles. The predicted molar refractivity (Wildman–Crippen MR) is 69.9 cm³/mol. The Bertz CT molecular complexity index is 624. The first-order chi connectivity index (χ1) is 8.75. The number of aromatic carboxylic acids is 1. The van der Waals surface area contributed by atoms with Crippen LogP contribution in [0.25, 0.3) is 0 Å². The molecule has 0 radical (unpaired) electrons. The monoisotopic (exact) mass is 305 g/mol. The highest BCUT2D eigenvalue weighted by Crippen LogP contribution is 2.22. The van der Waals surface area contributed by atoms with Crippen LogP contribution < -0.4 is 9.88 Å². The minimum atomic E-state index is -3.96. The van der Waals surface area contributed by atoms with Crippen molar-refractivity contribution in [2.45, 2.75) is 11.8 Å². The average molecular weight is 306 g/mol. The van der Waals surface area contributed by atoms with Gasteiger partial charge in [-0.05, 0) is 30.7 Å². The molecule has 0 aliphatic rings. The van der Waals surface area contributed by atoms with Crippen LogP contribution in [-0.4, -0.2) is 26.1 Å². The zero-order valence-corrected chi connectivity index (χ0v) is 11.5. The van der Waals surface area contributed by atoms with Gasteiger partial charge in [0.05, 0.1) is 4.90 Å². The molecule has 0 fully saturated rings. The summed E-state index contributed by atoms with van der Waals surface area (Å²) in [6, 6.07) is 3.37. The van der Waals surface area contributed by atoms with Crippen LogP contribution in [0, 0.1) is 0 Å². The van der Waals surface area contributed by atoms with Gasteiger partial charge in [0.15, 0.2) is 0 Å². The summed E-state index contributed by atoms with van der Waals surface area (Å²) in [6.07, 6.45) is 0. The smallest absolute Gasteiger partial charge is 0.339 e. The van der Waals surface area contributed by atoms with Gasteiger partial charge in [0.2, 0.25) is 10.0 Å². The zero-order valence-electron chi connectivity index (χ0n) is 9.96. The molecule has 1 aromatic rings. The molecular formula is C11H12ClNO5S. The molecule has 104 valence electrons. The molecular weight excluding hydrogens is 294 g/mol. The molecule has 0 aromatic heterocycles. The van der Waals surface area contributed by atoms with Crippen molar-refractivity contribution in [3.8, 4) is 5.75 Å². The molecule has 8 heteroatoms. The summed E-state index contributed by atoms with van der Waals surface area (Å²) in [6.45, 7) is 1.80. The Morgan fingerprint density at radius 2 is 2.16 bits per heavy atom. The van der Waals surface area contributed by atoms with E-state index in [0.717, 1.165) is 6.07 Å². The van der Waals surface area contributed by atoms with E-state index in [1.54, 1.807) is 6.92 Å². The molecule has 0 saturated heterocycles. The van der Waals surface area contributed by atoms with Crippen LogP contribution in [-0.2, 0) is 10.0 Å². The van der Waals surface area contributed by atoms with Gasteiger partial charge in [0.25, 0.3) is 0 Å². The minimum absolute atomic E-state index is 0.0396. The Kier molecular flexibility index (Phi) is 4.93. The number of hydrogen-bond acceptors (Lipinski definition) is 4. The zero-order chi connectivity index (χ0) is 14.6. The maximum absolute atomic E-state index is 11.1. The van der Waals surface area contributed by atoms with Crippen LogP contribution in [0.3, 0.4) is 0 Å². The van der Waals surface area contributed by atoms with Gasteiger partial charge < -0.3 is 9.84 Å². The lowest BCUT2D eigenvalue weighted by Gasteiger charge is -2.10. The lowest BCUT2D eigenvalue weighted by Crippen LogP contribution is -2.14. The van der Waals surface area contributed by atoms with Gasteiger partial charge in [0.1, 0.15) is 17.9 Å². The number of nitrogens with two attached hydrogens (primary N) is 1. The maximum Gasteiger partial charge on any atom is 0.339 e. The highest BCUT2D eigenvalue weighted by atomic mass is 35.5. The van der Waals surface area contributed by atoms with Crippen molar-refractivity contribution in [1.29, 1.82) is 0 Å². The first kappa shape index (κ1) is 15.5. The molecule has 0 amide bonds. The molecule has 0 aliphatic carbocycles. The van der Waals surface area contributed by atoms with Gasteiger partial charge in [0, 0.05) is 5.54 Å². The third kappa shape index (κ3) is 4.23. The van der Waals surface area contributed by atoms with Crippen LogP contribution in [0.1, 0.15) is 17.3 Å². The van der Waals surface area contributed by atoms with E-state index in [9.17, 15) is 13.2 Å². The molecule has 3 N–H and O–H groups in total. The molecule has 0 saturated carbocycles. The number of rotatable bonds is 5. The topological polar surface area (TPSA) is 107 Å². The van der Waals surface area contributed by atoms with E-state index in [1.165, 1.54) is 17.7 Å². The number of benzene rings is 1. The number of carbonyl (C=O) groups is 1. The number of sulfonamides is 1. The summed E-state index contributed by atoms with van der Waals surface area (Å²) in [5.74, 6) is -1.27. The van der Waals surface area contributed by atoms with Crippen molar-refractivity contribution in [2.75, 3.05) is 6.61 Å².